The predicted molar refractivity (Wildman–Crippen MR) is 86.4 cm³/mol. The number of ether oxygens (including phenoxy) is 1. The Balaban J connectivity index is 3.52. The molecule has 0 bridgehead atoms. The Morgan fingerprint density at radius 3 is 2.13 bits per heavy atom. The first kappa shape index (κ1) is 19.0. The van der Waals surface area contributed by atoms with E-state index in [2.05, 4.69) is 5.32 Å². The van der Waals surface area contributed by atoms with Gasteiger partial charge in [-0.15, -0.1) is 11.6 Å². The van der Waals surface area contributed by atoms with Crippen molar-refractivity contribution >= 4 is 29.3 Å². The van der Waals surface area contributed by atoms with Gasteiger partial charge in [0.15, 0.2) is 5.78 Å². The van der Waals surface area contributed by atoms with Gasteiger partial charge in [0.05, 0.1) is 5.38 Å². The average Bonchev–Trinajstić information content (AvgIpc) is 2.40. The third-order valence-corrected chi connectivity index (χ3v) is 3.09. The molecule has 9 heteroatoms. The first-order chi connectivity index (χ1) is 10.4. The number of Topliss-reactive ketones (excluding diaryl/α,β-unsaturated/α-hetero) is 1. The third-order valence-electron chi connectivity index (χ3n) is 2.89. The monoisotopic (exact) mass is 345 g/mol. The van der Waals surface area contributed by atoms with Gasteiger partial charge in [-0.05, 0) is 27.7 Å². The summed E-state index contributed by atoms with van der Waals surface area (Å²) in [6, 6.07) is 0. The van der Waals surface area contributed by atoms with Crippen LogP contribution in [0.1, 0.15) is 38.1 Å². The molecule has 0 radical (unpaired) electrons. The van der Waals surface area contributed by atoms with Crippen LogP contribution in [0.4, 0.5) is 10.6 Å². The molecule has 0 fully saturated rings. The van der Waals surface area contributed by atoms with Gasteiger partial charge in [-0.3, -0.25) is 24.0 Å². The zero-order valence-electron chi connectivity index (χ0n) is 13.9. The van der Waals surface area contributed by atoms with E-state index in [0.29, 0.717) is 0 Å². The highest BCUT2D eigenvalue weighted by atomic mass is 35.5. The number of anilines is 1. The number of hydrogen-bond donors (Lipinski definition) is 1. The Morgan fingerprint density at radius 2 is 1.70 bits per heavy atom. The first-order valence-electron chi connectivity index (χ1n) is 6.85. The smallest absolute Gasteiger partial charge is 0.413 e. The quantitative estimate of drug-likeness (QED) is 0.656. The largest absolute Gasteiger partial charge is 0.444 e. The van der Waals surface area contributed by atoms with E-state index in [1.165, 1.54) is 21.0 Å². The highest BCUT2D eigenvalue weighted by Gasteiger charge is 2.27. The Bertz CT molecular complexity index is 755. The molecule has 1 aromatic heterocycles. The van der Waals surface area contributed by atoms with Crippen molar-refractivity contribution in [1.82, 2.24) is 9.13 Å². The minimum Gasteiger partial charge on any atom is -0.444 e. The minimum atomic E-state index is -1.00. The van der Waals surface area contributed by atoms with Crippen molar-refractivity contribution in [2.45, 2.75) is 38.7 Å². The van der Waals surface area contributed by atoms with Crippen molar-refractivity contribution < 1.29 is 14.3 Å². The minimum absolute atomic E-state index is 0.246. The maximum absolute atomic E-state index is 12.3. The molecule has 23 heavy (non-hydrogen) atoms. The van der Waals surface area contributed by atoms with Crippen LogP contribution in [-0.4, -0.2) is 32.0 Å². The molecule has 1 heterocycles. The van der Waals surface area contributed by atoms with Gasteiger partial charge in [0, 0.05) is 14.1 Å². The van der Waals surface area contributed by atoms with Gasteiger partial charge < -0.3 is 4.74 Å². The van der Waals surface area contributed by atoms with Crippen LogP contribution in [0.2, 0.25) is 0 Å². The lowest BCUT2D eigenvalue weighted by Crippen LogP contribution is -2.43. The predicted octanol–water partition coefficient (Wildman–Crippen LogP) is 1.24. The van der Waals surface area contributed by atoms with E-state index in [0.717, 1.165) is 9.13 Å². The SMILES string of the molecule is CC(Cl)C(=O)c1c(NC(=O)OC(C)(C)C)n(C)c(=O)n(C)c1=O. The number of nitrogens with zero attached hydrogens (tertiary/aromatic N) is 2. The van der Waals surface area contributed by atoms with Crippen molar-refractivity contribution in [3.8, 4) is 0 Å². The summed E-state index contributed by atoms with van der Waals surface area (Å²) in [5.41, 5.74) is -2.69. The third kappa shape index (κ3) is 4.22. The zero-order chi connectivity index (χ0) is 18.1. The number of carbonyl (C=O) groups excluding carboxylic acids is 2. The van der Waals surface area contributed by atoms with Crippen LogP contribution in [-0.2, 0) is 18.8 Å². The number of nitrogens with one attached hydrogen (secondary N) is 1. The molecule has 0 aliphatic rings. The number of ketones is 1. The Kier molecular flexibility index (Phi) is 5.42. The second-order valence-electron chi connectivity index (χ2n) is 6.04. The lowest BCUT2D eigenvalue weighted by Gasteiger charge is -2.21. The number of halogens is 1. The number of carbonyl (C=O) groups is 2. The highest BCUT2D eigenvalue weighted by Crippen LogP contribution is 2.15. The van der Waals surface area contributed by atoms with Crippen LogP contribution < -0.4 is 16.6 Å². The van der Waals surface area contributed by atoms with Crippen molar-refractivity contribution in [3.63, 3.8) is 0 Å². The van der Waals surface area contributed by atoms with E-state index in [4.69, 9.17) is 16.3 Å². The molecular formula is C14H20ClN3O5. The van der Waals surface area contributed by atoms with Gasteiger partial charge in [0.25, 0.3) is 5.56 Å². The fourth-order valence-electron chi connectivity index (χ4n) is 1.81. The van der Waals surface area contributed by atoms with E-state index >= 15 is 0 Å². The number of amides is 1. The molecule has 1 aromatic rings. The molecule has 1 unspecified atom stereocenters. The molecule has 1 N–H and O–H groups in total. The molecule has 0 aliphatic carbocycles. The molecule has 8 nitrogen and oxygen atoms in total. The lowest BCUT2D eigenvalue weighted by atomic mass is 10.1. The summed E-state index contributed by atoms with van der Waals surface area (Å²) in [6.07, 6.45) is -0.892. The van der Waals surface area contributed by atoms with Gasteiger partial charge in [-0.2, -0.15) is 0 Å². The summed E-state index contributed by atoms with van der Waals surface area (Å²) >= 11 is 5.77. The Labute approximate surface area is 138 Å². The van der Waals surface area contributed by atoms with Crippen LogP contribution in [0, 0.1) is 0 Å². The molecule has 0 spiro atoms. The molecule has 0 saturated heterocycles. The van der Waals surface area contributed by atoms with E-state index in [9.17, 15) is 19.2 Å². The summed E-state index contributed by atoms with van der Waals surface area (Å²) < 4.78 is 6.84. The van der Waals surface area contributed by atoms with Crippen LogP contribution in [0.15, 0.2) is 9.59 Å². The van der Waals surface area contributed by atoms with Crippen LogP contribution in [0.25, 0.3) is 0 Å². The van der Waals surface area contributed by atoms with Gasteiger partial charge >= 0.3 is 11.8 Å². The molecule has 1 rings (SSSR count). The van der Waals surface area contributed by atoms with Crippen molar-refractivity contribution in [2.75, 3.05) is 5.32 Å². The van der Waals surface area contributed by atoms with Crippen molar-refractivity contribution in [2.24, 2.45) is 14.1 Å². The maximum atomic E-state index is 12.3. The summed E-state index contributed by atoms with van der Waals surface area (Å²) in [5.74, 6) is -0.946. The summed E-state index contributed by atoms with van der Waals surface area (Å²) in [4.78, 5) is 48.4. The zero-order valence-corrected chi connectivity index (χ0v) is 14.6. The topological polar surface area (TPSA) is 99.4 Å². The highest BCUT2D eigenvalue weighted by molar-refractivity contribution is 6.34. The molecule has 0 saturated carbocycles. The fraction of sp³-hybridized carbons (Fsp3) is 0.571. The second kappa shape index (κ2) is 6.57. The molecule has 0 aromatic carbocycles. The van der Waals surface area contributed by atoms with E-state index < -0.39 is 34.1 Å². The normalized spacial score (nSPS) is 12.7. The van der Waals surface area contributed by atoms with Gasteiger partial charge in [-0.25, -0.2) is 9.59 Å². The number of alkyl halides is 1. The summed E-state index contributed by atoms with van der Waals surface area (Å²) in [6.45, 7) is 6.36. The van der Waals surface area contributed by atoms with E-state index in [-0.39, 0.29) is 11.4 Å². The van der Waals surface area contributed by atoms with E-state index in [1.54, 1.807) is 20.8 Å². The number of rotatable bonds is 3. The van der Waals surface area contributed by atoms with Crippen LogP contribution in [0.3, 0.4) is 0 Å². The molecular weight excluding hydrogens is 326 g/mol. The molecule has 0 aliphatic heterocycles. The van der Waals surface area contributed by atoms with Gasteiger partial charge in [0.1, 0.15) is 17.0 Å². The summed E-state index contributed by atoms with van der Waals surface area (Å²) in [7, 11) is 2.56. The molecule has 1 amide bonds. The Hall–Kier alpha value is -2.09. The molecule has 1 atom stereocenters. The average molecular weight is 346 g/mol. The molecule has 128 valence electrons. The standard InChI is InChI=1S/C14H20ClN3O5/c1-7(15)9(19)8-10(16-12(21)23-14(2,3)4)17(5)13(22)18(6)11(8)20/h7H,1-6H3,(H,16,21). The van der Waals surface area contributed by atoms with Crippen LogP contribution in [0.5, 0.6) is 0 Å². The lowest BCUT2D eigenvalue weighted by molar-refractivity contribution is 0.0634. The van der Waals surface area contributed by atoms with Crippen LogP contribution >= 0.6 is 11.6 Å². The van der Waals surface area contributed by atoms with E-state index in [1.807, 2.05) is 0 Å². The van der Waals surface area contributed by atoms with Gasteiger partial charge in [-0.1, -0.05) is 0 Å². The number of aromatic nitrogens is 2. The fourth-order valence-corrected chi connectivity index (χ4v) is 1.92. The Morgan fingerprint density at radius 1 is 1.17 bits per heavy atom. The number of hydrogen-bond acceptors (Lipinski definition) is 5. The second-order valence-corrected chi connectivity index (χ2v) is 6.69. The van der Waals surface area contributed by atoms with Crippen molar-refractivity contribution in [1.29, 1.82) is 0 Å². The van der Waals surface area contributed by atoms with Crippen molar-refractivity contribution in [3.05, 3.63) is 26.4 Å². The maximum Gasteiger partial charge on any atom is 0.413 e. The van der Waals surface area contributed by atoms with Gasteiger partial charge in [0.2, 0.25) is 0 Å². The summed E-state index contributed by atoms with van der Waals surface area (Å²) in [5, 5.41) is 1.29. The first-order valence-corrected chi connectivity index (χ1v) is 7.28.